The van der Waals surface area contributed by atoms with Crippen molar-refractivity contribution in [1.29, 1.82) is 0 Å². The molecule has 2 saturated carbocycles. The minimum absolute atomic E-state index is 0.327. The highest BCUT2D eigenvalue weighted by atomic mass is 16.3. The lowest BCUT2D eigenvalue weighted by Crippen LogP contribution is -2.42. The number of benzene rings is 1. The summed E-state index contributed by atoms with van der Waals surface area (Å²) in [6, 6.07) is 7.57. The van der Waals surface area contributed by atoms with Gasteiger partial charge in [-0.25, -0.2) is 0 Å². The number of carbonyl (C=O) groups excluding carboxylic acids is 1. The van der Waals surface area contributed by atoms with Gasteiger partial charge >= 0.3 is 0 Å². The van der Waals surface area contributed by atoms with E-state index in [-0.39, 0.29) is 0 Å². The van der Waals surface area contributed by atoms with E-state index < -0.39 is 0 Å². The molecule has 1 aromatic rings. The van der Waals surface area contributed by atoms with Gasteiger partial charge in [0.05, 0.1) is 0 Å². The maximum atomic E-state index is 12.8. The Hall–Kier alpha value is -1.51. The van der Waals surface area contributed by atoms with E-state index in [4.69, 9.17) is 0 Å². The van der Waals surface area contributed by atoms with E-state index in [9.17, 15) is 9.90 Å². The van der Waals surface area contributed by atoms with Crippen LogP contribution in [0.25, 0.3) is 0 Å². The SMILES string of the molecule is O=C(C1CC2CCC1C2)N1CCC(c2ccc(O)cc2)CC1. The normalized spacial score (nSPS) is 31.6. The van der Waals surface area contributed by atoms with Crippen LogP contribution in [-0.2, 0) is 4.79 Å². The summed E-state index contributed by atoms with van der Waals surface area (Å²) in [5, 5.41) is 9.39. The van der Waals surface area contributed by atoms with E-state index in [0.29, 0.717) is 29.4 Å². The van der Waals surface area contributed by atoms with Crippen LogP contribution < -0.4 is 0 Å². The molecule has 2 bridgehead atoms. The first kappa shape index (κ1) is 14.1. The molecule has 3 fully saturated rings. The van der Waals surface area contributed by atoms with Gasteiger partial charge < -0.3 is 10.0 Å². The van der Waals surface area contributed by atoms with Crippen molar-refractivity contribution in [2.24, 2.45) is 17.8 Å². The molecule has 3 heteroatoms. The highest BCUT2D eigenvalue weighted by Gasteiger charge is 2.44. The molecule has 22 heavy (non-hydrogen) atoms. The van der Waals surface area contributed by atoms with Crippen LogP contribution in [0.1, 0.15) is 50.0 Å². The lowest BCUT2D eigenvalue weighted by molar-refractivity contribution is -0.138. The number of carbonyl (C=O) groups is 1. The Balaban J connectivity index is 1.35. The van der Waals surface area contributed by atoms with Crippen LogP contribution >= 0.6 is 0 Å². The predicted octanol–water partition coefficient (Wildman–Crippen LogP) is 3.53. The Kier molecular flexibility index (Phi) is 3.59. The average Bonchev–Trinajstić information content (AvgIpc) is 3.18. The van der Waals surface area contributed by atoms with Gasteiger partial charge in [0.15, 0.2) is 0 Å². The Labute approximate surface area is 132 Å². The average molecular weight is 299 g/mol. The van der Waals surface area contributed by atoms with Crippen molar-refractivity contribution < 1.29 is 9.90 Å². The largest absolute Gasteiger partial charge is 0.508 e. The van der Waals surface area contributed by atoms with Gasteiger partial charge in [-0.15, -0.1) is 0 Å². The number of likely N-dealkylation sites (tertiary alicyclic amines) is 1. The maximum absolute atomic E-state index is 12.8. The van der Waals surface area contributed by atoms with Crippen molar-refractivity contribution in [3.63, 3.8) is 0 Å². The van der Waals surface area contributed by atoms with Gasteiger partial charge in [0.25, 0.3) is 0 Å². The van der Waals surface area contributed by atoms with Crippen LogP contribution in [0.15, 0.2) is 24.3 Å². The molecule has 3 atom stereocenters. The fraction of sp³-hybridized carbons (Fsp3) is 0.632. The Morgan fingerprint density at radius 3 is 2.32 bits per heavy atom. The van der Waals surface area contributed by atoms with Crippen LogP contribution in [0.2, 0.25) is 0 Å². The first-order chi connectivity index (χ1) is 10.7. The number of piperidine rings is 1. The smallest absolute Gasteiger partial charge is 0.225 e. The van der Waals surface area contributed by atoms with Crippen molar-refractivity contribution in [3.05, 3.63) is 29.8 Å². The second-order valence-corrected chi connectivity index (χ2v) is 7.47. The second kappa shape index (κ2) is 5.60. The molecule has 1 N–H and O–H groups in total. The number of fused-ring (bicyclic) bond motifs is 2. The minimum Gasteiger partial charge on any atom is -0.508 e. The summed E-state index contributed by atoms with van der Waals surface area (Å²) in [5.74, 6) is 3.17. The van der Waals surface area contributed by atoms with Gasteiger partial charge in [-0.3, -0.25) is 4.79 Å². The molecule has 0 aromatic heterocycles. The van der Waals surface area contributed by atoms with Crippen molar-refractivity contribution in [1.82, 2.24) is 4.90 Å². The summed E-state index contributed by atoms with van der Waals surface area (Å²) >= 11 is 0. The molecule has 1 amide bonds. The molecule has 118 valence electrons. The summed E-state index contributed by atoms with van der Waals surface area (Å²) in [7, 11) is 0. The monoisotopic (exact) mass is 299 g/mol. The topological polar surface area (TPSA) is 40.5 Å². The van der Waals surface area contributed by atoms with E-state index >= 15 is 0 Å². The van der Waals surface area contributed by atoms with E-state index in [1.807, 2.05) is 12.1 Å². The Morgan fingerprint density at radius 1 is 1.00 bits per heavy atom. The molecule has 0 spiro atoms. The molecule has 3 unspecified atom stereocenters. The molecule has 1 aliphatic heterocycles. The molecular formula is C19H25NO2. The minimum atomic E-state index is 0.327. The van der Waals surface area contributed by atoms with E-state index in [0.717, 1.165) is 38.3 Å². The third-order valence-corrected chi connectivity index (χ3v) is 6.23. The van der Waals surface area contributed by atoms with Gasteiger partial charge in [0.2, 0.25) is 5.91 Å². The highest BCUT2D eigenvalue weighted by molar-refractivity contribution is 5.79. The van der Waals surface area contributed by atoms with Gasteiger partial charge in [-0.2, -0.15) is 0 Å². The van der Waals surface area contributed by atoms with E-state index in [2.05, 4.69) is 4.90 Å². The molecule has 1 heterocycles. The van der Waals surface area contributed by atoms with Gasteiger partial charge in [-0.05, 0) is 67.6 Å². The van der Waals surface area contributed by atoms with Gasteiger partial charge in [0.1, 0.15) is 5.75 Å². The second-order valence-electron chi connectivity index (χ2n) is 7.47. The summed E-state index contributed by atoms with van der Waals surface area (Å²) in [4.78, 5) is 14.9. The van der Waals surface area contributed by atoms with Crippen LogP contribution in [0.4, 0.5) is 0 Å². The van der Waals surface area contributed by atoms with Crippen LogP contribution in [-0.4, -0.2) is 29.0 Å². The number of amides is 1. The Bertz CT molecular complexity index is 545. The van der Waals surface area contributed by atoms with Crippen molar-refractivity contribution in [2.75, 3.05) is 13.1 Å². The van der Waals surface area contributed by atoms with Crippen LogP contribution in [0.5, 0.6) is 5.75 Å². The number of aromatic hydroxyl groups is 1. The molecule has 4 rings (SSSR count). The molecule has 1 saturated heterocycles. The molecule has 3 nitrogen and oxygen atoms in total. The number of hydrogen-bond acceptors (Lipinski definition) is 2. The standard InChI is InChI=1S/C19H25NO2/c21-17-5-3-14(4-6-17)15-7-9-20(10-8-15)19(22)18-12-13-1-2-16(18)11-13/h3-6,13,15-16,18,21H,1-2,7-12H2. The zero-order valence-corrected chi connectivity index (χ0v) is 13.1. The van der Waals surface area contributed by atoms with Gasteiger partial charge in [0, 0.05) is 19.0 Å². The van der Waals surface area contributed by atoms with Crippen molar-refractivity contribution in [2.45, 2.75) is 44.4 Å². The number of nitrogens with zero attached hydrogens (tertiary/aromatic N) is 1. The molecular weight excluding hydrogens is 274 g/mol. The van der Waals surface area contributed by atoms with Gasteiger partial charge in [-0.1, -0.05) is 18.6 Å². The third-order valence-electron chi connectivity index (χ3n) is 6.23. The lowest BCUT2D eigenvalue weighted by Gasteiger charge is -2.35. The molecule has 3 aliphatic rings. The fourth-order valence-corrected chi connectivity index (χ4v) is 4.96. The van der Waals surface area contributed by atoms with E-state index in [1.54, 1.807) is 12.1 Å². The summed E-state index contributed by atoms with van der Waals surface area (Å²) < 4.78 is 0. The lowest BCUT2D eigenvalue weighted by atomic mass is 9.85. The molecule has 2 aliphatic carbocycles. The quantitative estimate of drug-likeness (QED) is 0.907. The first-order valence-corrected chi connectivity index (χ1v) is 8.78. The zero-order chi connectivity index (χ0) is 15.1. The van der Waals surface area contributed by atoms with Crippen molar-refractivity contribution >= 4 is 5.91 Å². The molecule has 1 aromatic carbocycles. The van der Waals surface area contributed by atoms with Crippen molar-refractivity contribution in [3.8, 4) is 5.75 Å². The highest BCUT2D eigenvalue weighted by Crippen LogP contribution is 2.49. The summed E-state index contributed by atoms with van der Waals surface area (Å²) in [6.45, 7) is 1.80. The number of phenols is 1. The van der Waals surface area contributed by atoms with Crippen LogP contribution in [0.3, 0.4) is 0 Å². The number of phenolic OH excluding ortho intramolecular Hbond substituents is 1. The van der Waals surface area contributed by atoms with Crippen LogP contribution in [0, 0.1) is 17.8 Å². The maximum Gasteiger partial charge on any atom is 0.225 e. The first-order valence-electron chi connectivity index (χ1n) is 8.78. The summed E-state index contributed by atoms with van der Waals surface area (Å²) in [6.07, 6.45) is 7.21. The third kappa shape index (κ3) is 2.51. The fourth-order valence-electron chi connectivity index (χ4n) is 4.96. The Morgan fingerprint density at radius 2 is 1.73 bits per heavy atom. The molecule has 0 radical (unpaired) electrons. The number of hydrogen-bond donors (Lipinski definition) is 1. The number of rotatable bonds is 2. The summed E-state index contributed by atoms with van der Waals surface area (Å²) in [5.41, 5.74) is 1.30. The zero-order valence-electron chi connectivity index (χ0n) is 13.1. The van der Waals surface area contributed by atoms with E-state index in [1.165, 1.54) is 24.8 Å². The predicted molar refractivity (Wildman–Crippen MR) is 85.6 cm³/mol.